The summed E-state index contributed by atoms with van der Waals surface area (Å²) in [6, 6.07) is 13.7. The van der Waals surface area contributed by atoms with Gasteiger partial charge < -0.3 is 11.1 Å². The number of nitrogens with one attached hydrogen (secondary N) is 1. The average Bonchev–Trinajstić information content (AvgIpc) is 2.48. The van der Waals surface area contributed by atoms with Crippen LogP contribution >= 0.6 is 0 Å². The van der Waals surface area contributed by atoms with Crippen molar-refractivity contribution in [2.45, 2.75) is 25.7 Å². The first-order valence-corrected chi connectivity index (χ1v) is 7.24. The van der Waals surface area contributed by atoms with Gasteiger partial charge >= 0.3 is 0 Å². The number of hydrogen-bond acceptors (Lipinski definition) is 2. The van der Waals surface area contributed by atoms with E-state index in [2.05, 4.69) is 5.32 Å². The van der Waals surface area contributed by atoms with Crippen molar-refractivity contribution in [1.82, 2.24) is 5.32 Å². The number of carbonyl (C=O) groups is 1. The summed E-state index contributed by atoms with van der Waals surface area (Å²) in [6.07, 6.45) is 0.305. The summed E-state index contributed by atoms with van der Waals surface area (Å²) in [5, 5.41) is 2.91. The third kappa shape index (κ3) is 4.32. The molecule has 116 valence electrons. The van der Waals surface area contributed by atoms with Gasteiger partial charge in [0.15, 0.2) is 0 Å². The number of carbonyl (C=O) groups excluding carboxylic acids is 1. The van der Waals surface area contributed by atoms with Gasteiger partial charge in [-0.25, -0.2) is 4.39 Å². The molecule has 0 aliphatic carbocycles. The van der Waals surface area contributed by atoms with Crippen LogP contribution in [0, 0.1) is 5.82 Å². The Hall–Kier alpha value is -2.36. The molecule has 22 heavy (non-hydrogen) atoms. The number of benzene rings is 2. The van der Waals surface area contributed by atoms with Crippen LogP contribution in [0.3, 0.4) is 0 Å². The third-order valence-electron chi connectivity index (χ3n) is 3.68. The average molecular weight is 300 g/mol. The summed E-state index contributed by atoms with van der Waals surface area (Å²) < 4.78 is 13.3. The first-order valence-electron chi connectivity index (χ1n) is 7.24. The fraction of sp³-hybridized carbons (Fsp3) is 0.278. The van der Waals surface area contributed by atoms with Crippen LogP contribution < -0.4 is 11.1 Å². The lowest BCUT2D eigenvalue weighted by molar-refractivity contribution is -0.120. The van der Waals surface area contributed by atoms with E-state index in [1.165, 1.54) is 12.1 Å². The Labute approximate surface area is 130 Å². The predicted octanol–water partition coefficient (Wildman–Crippen LogP) is 3.04. The fourth-order valence-electron chi connectivity index (χ4n) is 2.21. The molecule has 2 aromatic carbocycles. The van der Waals surface area contributed by atoms with Gasteiger partial charge in [-0.3, -0.25) is 4.79 Å². The molecule has 0 unspecified atom stereocenters. The molecule has 0 aliphatic heterocycles. The van der Waals surface area contributed by atoms with E-state index in [0.29, 0.717) is 18.7 Å². The molecule has 4 heteroatoms. The Morgan fingerprint density at radius 3 is 2.50 bits per heavy atom. The van der Waals surface area contributed by atoms with Crippen LogP contribution in [0.1, 0.15) is 25.0 Å². The molecule has 3 nitrogen and oxygen atoms in total. The van der Waals surface area contributed by atoms with Crippen molar-refractivity contribution in [1.29, 1.82) is 0 Å². The molecule has 0 atom stereocenters. The molecule has 0 fully saturated rings. The zero-order valence-electron chi connectivity index (χ0n) is 12.9. The van der Waals surface area contributed by atoms with E-state index in [1.807, 2.05) is 32.0 Å². The minimum Gasteiger partial charge on any atom is -0.399 e. The predicted molar refractivity (Wildman–Crippen MR) is 87.0 cm³/mol. The van der Waals surface area contributed by atoms with Gasteiger partial charge in [0.1, 0.15) is 5.82 Å². The third-order valence-corrected chi connectivity index (χ3v) is 3.68. The zero-order chi connectivity index (χ0) is 16.2. The summed E-state index contributed by atoms with van der Waals surface area (Å²) in [5.41, 5.74) is 7.74. The van der Waals surface area contributed by atoms with E-state index in [1.54, 1.807) is 18.2 Å². The van der Waals surface area contributed by atoms with Gasteiger partial charge in [-0.05, 0) is 35.4 Å². The van der Waals surface area contributed by atoms with Crippen molar-refractivity contribution < 1.29 is 9.18 Å². The maximum absolute atomic E-state index is 13.3. The minimum absolute atomic E-state index is 0.0609. The van der Waals surface area contributed by atoms with Crippen molar-refractivity contribution in [2.24, 2.45) is 0 Å². The molecular formula is C18H21FN2O. The maximum atomic E-state index is 13.3. The number of nitrogen functional groups attached to an aromatic ring is 1. The summed E-state index contributed by atoms with van der Waals surface area (Å²) >= 11 is 0. The molecule has 0 radical (unpaired) electrons. The van der Waals surface area contributed by atoms with E-state index in [0.717, 1.165) is 11.1 Å². The first kappa shape index (κ1) is 16.0. The van der Waals surface area contributed by atoms with E-state index in [9.17, 15) is 9.18 Å². The number of anilines is 1. The van der Waals surface area contributed by atoms with Gasteiger partial charge in [0, 0.05) is 17.6 Å². The highest BCUT2D eigenvalue weighted by molar-refractivity contribution is 5.78. The van der Waals surface area contributed by atoms with Gasteiger partial charge in [0.2, 0.25) is 5.91 Å². The van der Waals surface area contributed by atoms with E-state index in [-0.39, 0.29) is 17.1 Å². The molecule has 2 aromatic rings. The number of rotatable bonds is 5. The molecule has 0 saturated heterocycles. The van der Waals surface area contributed by atoms with Crippen molar-refractivity contribution in [3.63, 3.8) is 0 Å². The summed E-state index contributed by atoms with van der Waals surface area (Å²) in [5.74, 6) is -0.326. The van der Waals surface area contributed by atoms with Crippen molar-refractivity contribution in [2.75, 3.05) is 12.3 Å². The van der Waals surface area contributed by atoms with E-state index in [4.69, 9.17) is 5.73 Å². The summed E-state index contributed by atoms with van der Waals surface area (Å²) in [4.78, 5) is 12.0. The summed E-state index contributed by atoms with van der Waals surface area (Å²) in [7, 11) is 0. The van der Waals surface area contributed by atoms with E-state index < -0.39 is 0 Å². The smallest absolute Gasteiger partial charge is 0.224 e. The van der Waals surface area contributed by atoms with Gasteiger partial charge in [-0.2, -0.15) is 0 Å². The molecule has 0 aromatic heterocycles. The lowest BCUT2D eigenvalue weighted by Crippen LogP contribution is -2.37. The first-order chi connectivity index (χ1) is 10.4. The quantitative estimate of drug-likeness (QED) is 0.834. The second-order valence-corrected chi connectivity index (χ2v) is 6.09. The van der Waals surface area contributed by atoms with Gasteiger partial charge in [0.25, 0.3) is 0 Å². The standard InChI is InChI=1S/C18H21FN2O/c1-18(2,14-4-3-5-15(19)11-14)12-21-17(22)10-13-6-8-16(20)9-7-13/h3-9,11H,10,12,20H2,1-2H3,(H,21,22). The number of nitrogens with two attached hydrogens (primary N) is 1. The van der Waals surface area contributed by atoms with Crippen molar-refractivity contribution in [3.05, 3.63) is 65.5 Å². The second-order valence-electron chi connectivity index (χ2n) is 6.09. The van der Waals surface area contributed by atoms with Crippen LogP contribution in [0.2, 0.25) is 0 Å². The monoisotopic (exact) mass is 300 g/mol. The normalized spacial score (nSPS) is 11.2. The minimum atomic E-state index is -0.334. The SMILES string of the molecule is CC(C)(CNC(=O)Cc1ccc(N)cc1)c1cccc(F)c1. The Kier molecular flexibility index (Phi) is 4.81. The molecule has 0 heterocycles. The van der Waals surface area contributed by atoms with E-state index >= 15 is 0 Å². The maximum Gasteiger partial charge on any atom is 0.224 e. The van der Waals surface area contributed by atoms with Crippen LogP contribution in [0.4, 0.5) is 10.1 Å². The Morgan fingerprint density at radius 1 is 1.18 bits per heavy atom. The topological polar surface area (TPSA) is 55.1 Å². The van der Waals surface area contributed by atoms with Crippen molar-refractivity contribution in [3.8, 4) is 0 Å². The lowest BCUT2D eigenvalue weighted by atomic mass is 9.84. The van der Waals surface area contributed by atoms with Crippen LogP contribution in [0.5, 0.6) is 0 Å². The summed E-state index contributed by atoms with van der Waals surface area (Å²) in [6.45, 7) is 4.40. The fourth-order valence-corrected chi connectivity index (χ4v) is 2.21. The Balaban J connectivity index is 1.93. The highest BCUT2D eigenvalue weighted by atomic mass is 19.1. The molecule has 3 N–H and O–H groups in total. The Morgan fingerprint density at radius 2 is 1.86 bits per heavy atom. The number of amides is 1. The van der Waals surface area contributed by atoms with Crippen LogP contribution in [-0.2, 0) is 16.6 Å². The Bertz CT molecular complexity index is 650. The number of hydrogen-bond donors (Lipinski definition) is 2. The molecule has 0 spiro atoms. The molecule has 0 aliphatic rings. The number of halogens is 1. The van der Waals surface area contributed by atoms with Crippen LogP contribution in [-0.4, -0.2) is 12.5 Å². The lowest BCUT2D eigenvalue weighted by Gasteiger charge is -2.25. The van der Waals surface area contributed by atoms with Gasteiger partial charge in [0.05, 0.1) is 6.42 Å². The highest BCUT2D eigenvalue weighted by Crippen LogP contribution is 2.22. The van der Waals surface area contributed by atoms with Crippen LogP contribution in [0.25, 0.3) is 0 Å². The second kappa shape index (κ2) is 6.60. The molecule has 0 bridgehead atoms. The van der Waals surface area contributed by atoms with Gasteiger partial charge in [-0.1, -0.05) is 38.1 Å². The molecule has 1 amide bonds. The molecular weight excluding hydrogens is 279 g/mol. The molecule has 0 saturated carbocycles. The van der Waals surface area contributed by atoms with Crippen molar-refractivity contribution >= 4 is 11.6 Å². The van der Waals surface area contributed by atoms with Crippen LogP contribution in [0.15, 0.2) is 48.5 Å². The highest BCUT2D eigenvalue weighted by Gasteiger charge is 2.21. The molecule has 2 rings (SSSR count). The zero-order valence-corrected chi connectivity index (χ0v) is 12.9. The van der Waals surface area contributed by atoms with Gasteiger partial charge in [-0.15, -0.1) is 0 Å². The largest absolute Gasteiger partial charge is 0.399 e.